The first kappa shape index (κ1) is 15.4. The Morgan fingerprint density at radius 3 is 2.44 bits per heavy atom. The molecule has 1 aliphatic rings. The molecule has 0 aromatic rings. The molecule has 0 heterocycles. The molecule has 0 bridgehead atoms. The van der Waals surface area contributed by atoms with E-state index >= 15 is 0 Å². The van der Waals surface area contributed by atoms with Crippen molar-refractivity contribution in [2.75, 3.05) is 13.7 Å². The van der Waals surface area contributed by atoms with Crippen molar-refractivity contribution in [2.45, 2.75) is 59.2 Å². The van der Waals surface area contributed by atoms with E-state index in [1.807, 2.05) is 20.8 Å². The number of esters is 1. The molecule has 0 radical (unpaired) electrons. The van der Waals surface area contributed by atoms with Crippen molar-refractivity contribution in [3.05, 3.63) is 0 Å². The summed E-state index contributed by atoms with van der Waals surface area (Å²) in [5.41, 5.74) is 0.0666. The fourth-order valence-corrected chi connectivity index (χ4v) is 2.53. The molecule has 0 aromatic carbocycles. The van der Waals surface area contributed by atoms with Crippen LogP contribution in [0.2, 0.25) is 0 Å². The van der Waals surface area contributed by atoms with Gasteiger partial charge in [0.05, 0.1) is 13.2 Å². The maximum atomic E-state index is 11.7. The summed E-state index contributed by atoms with van der Waals surface area (Å²) in [6, 6.07) is 0.0717. The van der Waals surface area contributed by atoms with Gasteiger partial charge in [-0.3, -0.25) is 4.79 Å². The highest BCUT2D eigenvalue weighted by molar-refractivity contribution is 5.76. The average molecular weight is 257 g/mol. The minimum atomic E-state index is -0.234. The van der Waals surface area contributed by atoms with E-state index in [0.29, 0.717) is 6.04 Å². The highest BCUT2D eigenvalue weighted by atomic mass is 16.5. The summed E-state index contributed by atoms with van der Waals surface area (Å²) in [6.45, 7) is 11.2. The molecule has 4 nitrogen and oxygen atoms in total. The molecule has 1 N–H and O–H groups in total. The second-order valence-corrected chi connectivity index (χ2v) is 5.97. The van der Waals surface area contributed by atoms with Gasteiger partial charge in [-0.25, -0.2) is 0 Å². The number of rotatable bonds is 6. The van der Waals surface area contributed by atoms with Crippen LogP contribution in [0, 0.1) is 11.3 Å². The summed E-state index contributed by atoms with van der Waals surface area (Å²) in [5.74, 6) is 0.0417. The second-order valence-electron chi connectivity index (χ2n) is 5.97. The predicted molar refractivity (Wildman–Crippen MR) is 71.4 cm³/mol. The number of methoxy groups -OCH3 is 1. The Morgan fingerprint density at radius 2 is 2.06 bits per heavy atom. The predicted octanol–water partition coefficient (Wildman–Crippen LogP) is 1.98. The smallest absolute Gasteiger partial charge is 0.323 e. The quantitative estimate of drug-likeness (QED) is 0.739. The highest BCUT2D eigenvalue weighted by Gasteiger charge is 2.50. The van der Waals surface area contributed by atoms with Gasteiger partial charge in [-0.2, -0.15) is 0 Å². The normalized spacial score (nSPS) is 27.7. The van der Waals surface area contributed by atoms with E-state index in [2.05, 4.69) is 19.2 Å². The lowest BCUT2D eigenvalue weighted by atomic mass is 9.64. The van der Waals surface area contributed by atoms with Crippen LogP contribution in [0.4, 0.5) is 0 Å². The van der Waals surface area contributed by atoms with Crippen LogP contribution >= 0.6 is 0 Å². The van der Waals surface area contributed by atoms with Crippen LogP contribution in [0.25, 0.3) is 0 Å². The van der Waals surface area contributed by atoms with Crippen LogP contribution in [-0.4, -0.2) is 37.9 Å². The third kappa shape index (κ3) is 3.04. The lowest BCUT2D eigenvalue weighted by molar-refractivity contribution is -0.149. The number of carbonyl (C=O) groups is 1. The average Bonchev–Trinajstić information content (AvgIpc) is 2.31. The third-order valence-corrected chi connectivity index (χ3v) is 4.05. The maximum absolute atomic E-state index is 11.7. The minimum Gasteiger partial charge on any atom is -0.468 e. The lowest BCUT2D eigenvalue weighted by Crippen LogP contribution is -2.64. The zero-order valence-electron chi connectivity index (χ0n) is 12.4. The molecule has 4 heteroatoms. The monoisotopic (exact) mass is 257 g/mol. The van der Waals surface area contributed by atoms with Gasteiger partial charge in [-0.05, 0) is 19.3 Å². The summed E-state index contributed by atoms with van der Waals surface area (Å²) in [7, 11) is 1.44. The molecule has 0 aromatic heterocycles. The Kier molecular flexibility index (Phi) is 5.17. The van der Waals surface area contributed by atoms with Gasteiger partial charge in [0, 0.05) is 18.1 Å². The van der Waals surface area contributed by atoms with Crippen LogP contribution in [0.1, 0.15) is 41.0 Å². The van der Waals surface area contributed by atoms with Crippen molar-refractivity contribution < 1.29 is 14.3 Å². The first-order valence-corrected chi connectivity index (χ1v) is 6.80. The van der Waals surface area contributed by atoms with Gasteiger partial charge in [-0.15, -0.1) is 0 Å². The molecule has 1 saturated carbocycles. The molecule has 0 saturated heterocycles. The van der Waals surface area contributed by atoms with Gasteiger partial charge in [-0.1, -0.05) is 27.7 Å². The molecule has 1 fully saturated rings. The molecule has 106 valence electrons. The van der Waals surface area contributed by atoms with Crippen molar-refractivity contribution >= 4 is 5.97 Å². The van der Waals surface area contributed by atoms with Gasteiger partial charge in [0.1, 0.15) is 6.04 Å². The topological polar surface area (TPSA) is 47.6 Å². The second kappa shape index (κ2) is 6.02. The molecule has 2 unspecified atom stereocenters. The Hall–Kier alpha value is -0.610. The number of carbonyl (C=O) groups excluding carboxylic acids is 1. The van der Waals surface area contributed by atoms with E-state index in [0.717, 1.165) is 13.0 Å². The van der Waals surface area contributed by atoms with Gasteiger partial charge >= 0.3 is 5.97 Å². The SMILES string of the molecule is CCOC1CC(N[C@H](C(=O)OC)C(C)C)C1(C)C. The van der Waals surface area contributed by atoms with Crippen molar-refractivity contribution in [3.63, 3.8) is 0 Å². The van der Waals surface area contributed by atoms with Crippen molar-refractivity contribution in [2.24, 2.45) is 11.3 Å². The van der Waals surface area contributed by atoms with E-state index in [1.54, 1.807) is 0 Å². The summed E-state index contributed by atoms with van der Waals surface area (Å²) in [6.07, 6.45) is 1.24. The summed E-state index contributed by atoms with van der Waals surface area (Å²) in [5, 5.41) is 3.43. The summed E-state index contributed by atoms with van der Waals surface area (Å²) >= 11 is 0. The Balaban J connectivity index is 2.60. The van der Waals surface area contributed by atoms with Crippen molar-refractivity contribution in [1.82, 2.24) is 5.32 Å². The van der Waals surface area contributed by atoms with Crippen LogP contribution < -0.4 is 5.32 Å². The Morgan fingerprint density at radius 1 is 1.44 bits per heavy atom. The van der Waals surface area contributed by atoms with Crippen LogP contribution in [0.5, 0.6) is 0 Å². The Labute approximate surface area is 110 Å². The largest absolute Gasteiger partial charge is 0.468 e. The molecule has 0 spiro atoms. The molecular formula is C14H27NO3. The number of ether oxygens (including phenoxy) is 2. The highest BCUT2D eigenvalue weighted by Crippen LogP contribution is 2.43. The van der Waals surface area contributed by atoms with E-state index in [4.69, 9.17) is 9.47 Å². The van der Waals surface area contributed by atoms with Crippen LogP contribution in [0.15, 0.2) is 0 Å². The summed E-state index contributed by atoms with van der Waals surface area (Å²) in [4.78, 5) is 11.7. The van der Waals surface area contributed by atoms with E-state index in [9.17, 15) is 4.79 Å². The maximum Gasteiger partial charge on any atom is 0.323 e. The van der Waals surface area contributed by atoms with Gasteiger partial charge in [0.2, 0.25) is 0 Å². The molecule has 0 aliphatic heterocycles. The first-order valence-electron chi connectivity index (χ1n) is 6.80. The van der Waals surface area contributed by atoms with Gasteiger partial charge < -0.3 is 14.8 Å². The number of hydrogen-bond donors (Lipinski definition) is 1. The molecule has 1 rings (SSSR count). The number of nitrogens with one attached hydrogen (secondary N) is 1. The molecule has 0 amide bonds. The van der Waals surface area contributed by atoms with Crippen LogP contribution in [-0.2, 0) is 14.3 Å². The fraction of sp³-hybridized carbons (Fsp3) is 0.929. The minimum absolute atomic E-state index is 0.0666. The molecule has 18 heavy (non-hydrogen) atoms. The molecule has 3 atom stereocenters. The van der Waals surface area contributed by atoms with E-state index < -0.39 is 0 Å². The lowest BCUT2D eigenvalue weighted by Gasteiger charge is -2.53. The Bertz CT molecular complexity index is 289. The van der Waals surface area contributed by atoms with E-state index in [1.165, 1.54) is 7.11 Å². The third-order valence-electron chi connectivity index (χ3n) is 4.05. The van der Waals surface area contributed by atoms with Crippen LogP contribution in [0.3, 0.4) is 0 Å². The van der Waals surface area contributed by atoms with Gasteiger partial charge in [0.15, 0.2) is 0 Å². The summed E-state index contributed by atoms with van der Waals surface area (Å²) < 4.78 is 10.5. The molecule has 1 aliphatic carbocycles. The zero-order chi connectivity index (χ0) is 13.9. The van der Waals surface area contributed by atoms with Crippen molar-refractivity contribution in [1.29, 1.82) is 0 Å². The number of hydrogen-bond acceptors (Lipinski definition) is 4. The standard InChI is InChI=1S/C14H27NO3/c1-7-18-11-8-10(14(11,4)5)15-12(9(2)3)13(16)17-6/h9-12,15H,7-8H2,1-6H3/t10?,11?,12-/m0/s1. The van der Waals surface area contributed by atoms with Crippen molar-refractivity contribution in [3.8, 4) is 0 Å². The zero-order valence-corrected chi connectivity index (χ0v) is 12.4. The fourth-order valence-electron chi connectivity index (χ4n) is 2.53. The van der Waals surface area contributed by atoms with E-state index in [-0.39, 0.29) is 29.4 Å². The first-order chi connectivity index (χ1) is 8.34. The van der Waals surface area contributed by atoms with Gasteiger partial charge in [0.25, 0.3) is 0 Å². The molecular weight excluding hydrogens is 230 g/mol.